The average molecular weight is 271 g/mol. The maximum Gasteiger partial charge on any atom is 0.258 e. The highest BCUT2D eigenvalue weighted by Gasteiger charge is 2.18. The van der Waals surface area contributed by atoms with Crippen molar-refractivity contribution in [2.45, 2.75) is 32.4 Å². The Morgan fingerprint density at radius 3 is 2.72 bits per heavy atom. The molecule has 0 saturated heterocycles. The van der Waals surface area contributed by atoms with Gasteiger partial charge in [0, 0.05) is 16.6 Å². The zero-order valence-electron chi connectivity index (χ0n) is 10.9. The second kappa shape index (κ2) is 6.61. The van der Waals surface area contributed by atoms with Crippen molar-refractivity contribution >= 4 is 17.5 Å². The molecule has 0 aromatic heterocycles. The summed E-state index contributed by atoms with van der Waals surface area (Å²) in [4.78, 5) is 11.2. The Labute approximate surface area is 112 Å². The summed E-state index contributed by atoms with van der Waals surface area (Å²) in [5.74, 6) is 0.169. The van der Waals surface area contributed by atoms with Gasteiger partial charge >= 0.3 is 0 Å². The fourth-order valence-corrected chi connectivity index (χ4v) is 1.80. The zero-order chi connectivity index (χ0) is 13.7. The molecule has 18 heavy (non-hydrogen) atoms. The molecule has 0 aliphatic rings. The lowest BCUT2D eigenvalue weighted by atomic mass is 10.1. The van der Waals surface area contributed by atoms with Crippen LogP contribution in [0.3, 0.4) is 0 Å². The molecule has 3 N–H and O–H groups in total. The van der Waals surface area contributed by atoms with Gasteiger partial charge in [-0.3, -0.25) is 4.79 Å². The highest BCUT2D eigenvalue weighted by Crippen LogP contribution is 2.29. The van der Waals surface area contributed by atoms with Crippen molar-refractivity contribution in [1.82, 2.24) is 5.32 Å². The van der Waals surface area contributed by atoms with Crippen LogP contribution >= 0.6 is 11.6 Å². The number of rotatable bonds is 6. The summed E-state index contributed by atoms with van der Waals surface area (Å²) in [6.07, 6.45) is -0.0836. The van der Waals surface area contributed by atoms with Crippen LogP contribution in [0.25, 0.3) is 0 Å². The highest BCUT2D eigenvalue weighted by molar-refractivity contribution is 6.30. The van der Waals surface area contributed by atoms with Crippen LogP contribution in [0.4, 0.5) is 0 Å². The Kier molecular flexibility index (Phi) is 5.44. The predicted octanol–water partition coefficient (Wildman–Crippen LogP) is 2.26. The lowest BCUT2D eigenvalue weighted by Crippen LogP contribution is -2.33. The van der Waals surface area contributed by atoms with Gasteiger partial charge in [0.15, 0.2) is 6.10 Å². The van der Waals surface area contributed by atoms with E-state index in [4.69, 9.17) is 22.1 Å². The van der Waals surface area contributed by atoms with Crippen molar-refractivity contribution in [2.24, 2.45) is 5.73 Å². The van der Waals surface area contributed by atoms with Gasteiger partial charge in [-0.15, -0.1) is 0 Å². The van der Waals surface area contributed by atoms with Gasteiger partial charge in [0.2, 0.25) is 0 Å². The maximum absolute atomic E-state index is 11.2. The van der Waals surface area contributed by atoms with Crippen LogP contribution < -0.4 is 15.8 Å². The Balaban J connectivity index is 3.04. The summed E-state index contributed by atoms with van der Waals surface area (Å²) < 4.78 is 5.66. The highest BCUT2D eigenvalue weighted by atomic mass is 35.5. The molecule has 0 radical (unpaired) electrons. The quantitative estimate of drug-likeness (QED) is 0.833. The van der Waals surface area contributed by atoms with E-state index < -0.39 is 12.0 Å². The van der Waals surface area contributed by atoms with Gasteiger partial charge in [-0.2, -0.15) is 0 Å². The standard InChI is InChI=1S/C13H19ClN2O2/c1-4-11(13(15)17)18-12-6-5-9(14)7-10(12)8(2)16-3/h5-8,11,16H,4H2,1-3H3,(H2,15,17). The summed E-state index contributed by atoms with van der Waals surface area (Å²) >= 11 is 5.98. The summed E-state index contributed by atoms with van der Waals surface area (Å²) in [5.41, 5.74) is 6.19. The Hall–Kier alpha value is -1.26. The first kappa shape index (κ1) is 14.8. The van der Waals surface area contributed by atoms with Crippen LogP contribution in [-0.2, 0) is 4.79 Å². The Morgan fingerprint density at radius 2 is 2.22 bits per heavy atom. The molecule has 0 heterocycles. The summed E-state index contributed by atoms with van der Waals surface area (Å²) in [7, 11) is 1.85. The fourth-order valence-electron chi connectivity index (χ4n) is 1.62. The monoisotopic (exact) mass is 270 g/mol. The zero-order valence-corrected chi connectivity index (χ0v) is 11.6. The number of halogens is 1. The SMILES string of the molecule is CCC(Oc1ccc(Cl)cc1C(C)NC)C(N)=O. The molecular formula is C13H19ClN2O2. The van der Waals surface area contributed by atoms with E-state index in [-0.39, 0.29) is 6.04 Å². The first-order valence-electron chi connectivity index (χ1n) is 5.92. The number of primary amides is 1. The number of ether oxygens (including phenoxy) is 1. The number of nitrogens with two attached hydrogens (primary N) is 1. The van der Waals surface area contributed by atoms with Crippen molar-refractivity contribution in [2.75, 3.05) is 7.05 Å². The van der Waals surface area contributed by atoms with E-state index in [1.54, 1.807) is 12.1 Å². The summed E-state index contributed by atoms with van der Waals surface area (Å²) in [6, 6.07) is 5.39. The maximum atomic E-state index is 11.2. The third kappa shape index (κ3) is 3.62. The largest absolute Gasteiger partial charge is 0.480 e. The van der Waals surface area contributed by atoms with Crippen molar-refractivity contribution in [3.8, 4) is 5.75 Å². The number of carbonyl (C=O) groups is 1. The van der Waals surface area contributed by atoms with Gasteiger partial charge in [-0.05, 0) is 38.6 Å². The Bertz CT molecular complexity index is 423. The van der Waals surface area contributed by atoms with Crippen molar-refractivity contribution in [3.63, 3.8) is 0 Å². The molecule has 1 amide bonds. The lowest BCUT2D eigenvalue weighted by molar-refractivity contribution is -0.124. The summed E-state index contributed by atoms with van der Waals surface area (Å²) in [5, 5.41) is 3.75. The second-order valence-corrected chi connectivity index (χ2v) is 4.55. The van der Waals surface area contributed by atoms with E-state index in [0.717, 1.165) is 5.56 Å². The minimum Gasteiger partial charge on any atom is -0.480 e. The van der Waals surface area contributed by atoms with Crippen molar-refractivity contribution < 1.29 is 9.53 Å². The van der Waals surface area contributed by atoms with Crippen LogP contribution in [0.5, 0.6) is 5.75 Å². The second-order valence-electron chi connectivity index (χ2n) is 4.11. The molecule has 0 aliphatic heterocycles. The van der Waals surface area contributed by atoms with E-state index in [9.17, 15) is 4.79 Å². The Morgan fingerprint density at radius 1 is 1.56 bits per heavy atom. The van der Waals surface area contributed by atoms with Crippen LogP contribution in [0.15, 0.2) is 18.2 Å². The topological polar surface area (TPSA) is 64.3 Å². The molecule has 2 atom stereocenters. The molecule has 0 saturated carbocycles. The number of hydrogen-bond donors (Lipinski definition) is 2. The van der Waals surface area contributed by atoms with Crippen LogP contribution in [0.2, 0.25) is 5.02 Å². The van der Waals surface area contributed by atoms with Crippen LogP contribution in [0, 0.1) is 0 Å². The molecule has 0 spiro atoms. The molecule has 5 heteroatoms. The van der Waals surface area contributed by atoms with E-state index in [1.807, 2.05) is 27.0 Å². The normalized spacial score (nSPS) is 14.0. The van der Waals surface area contributed by atoms with E-state index in [2.05, 4.69) is 5.32 Å². The molecule has 4 nitrogen and oxygen atoms in total. The first-order valence-corrected chi connectivity index (χ1v) is 6.30. The van der Waals surface area contributed by atoms with Gasteiger partial charge < -0.3 is 15.8 Å². The minimum absolute atomic E-state index is 0.0732. The number of nitrogens with one attached hydrogen (secondary N) is 1. The molecule has 2 unspecified atom stereocenters. The smallest absolute Gasteiger partial charge is 0.258 e. The molecule has 1 aromatic rings. The molecule has 1 aromatic carbocycles. The van der Waals surface area contributed by atoms with E-state index >= 15 is 0 Å². The number of hydrogen-bond acceptors (Lipinski definition) is 3. The number of benzene rings is 1. The molecule has 0 aliphatic carbocycles. The molecule has 100 valence electrons. The lowest BCUT2D eigenvalue weighted by Gasteiger charge is -2.20. The third-order valence-corrected chi connectivity index (χ3v) is 3.06. The third-order valence-electron chi connectivity index (χ3n) is 2.83. The predicted molar refractivity (Wildman–Crippen MR) is 72.8 cm³/mol. The number of amides is 1. The van der Waals surface area contributed by atoms with Crippen molar-refractivity contribution in [1.29, 1.82) is 0 Å². The average Bonchev–Trinajstić information content (AvgIpc) is 2.35. The molecule has 0 fully saturated rings. The van der Waals surface area contributed by atoms with Gasteiger partial charge in [0.1, 0.15) is 5.75 Å². The van der Waals surface area contributed by atoms with Crippen LogP contribution in [-0.4, -0.2) is 19.1 Å². The van der Waals surface area contributed by atoms with Gasteiger partial charge in [-0.1, -0.05) is 18.5 Å². The van der Waals surface area contributed by atoms with Gasteiger partial charge in [0.25, 0.3) is 5.91 Å². The molecule has 0 bridgehead atoms. The van der Waals surface area contributed by atoms with E-state index in [0.29, 0.717) is 17.2 Å². The first-order chi connectivity index (χ1) is 8.49. The molecule has 1 rings (SSSR count). The fraction of sp³-hybridized carbons (Fsp3) is 0.462. The van der Waals surface area contributed by atoms with Crippen LogP contribution in [0.1, 0.15) is 31.9 Å². The van der Waals surface area contributed by atoms with E-state index in [1.165, 1.54) is 0 Å². The van der Waals surface area contributed by atoms with Crippen molar-refractivity contribution in [3.05, 3.63) is 28.8 Å². The summed E-state index contributed by atoms with van der Waals surface area (Å²) in [6.45, 7) is 3.84. The minimum atomic E-state index is -0.617. The van der Waals surface area contributed by atoms with Gasteiger partial charge in [0.05, 0.1) is 0 Å². The molecular weight excluding hydrogens is 252 g/mol. The number of carbonyl (C=O) groups excluding carboxylic acids is 1. The van der Waals surface area contributed by atoms with Gasteiger partial charge in [-0.25, -0.2) is 0 Å².